The second-order valence-electron chi connectivity index (χ2n) is 6.58. The minimum absolute atomic E-state index is 0.147. The molecule has 0 unspecified atom stereocenters. The topological polar surface area (TPSA) is 59.5 Å². The number of hydrogen-bond donors (Lipinski definition) is 1. The van der Waals surface area contributed by atoms with Gasteiger partial charge in [-0.05, 0) is 45.7 Å². The van der Waals surface area contributed by atoms with Crippen molar-refractivity contribution < 1.29 is 9.21 Å². The van der Waals surface area contributed by atoms with Crippen LogP contribution in [0.5, 0.6) is 0 Å². The lowest BCUT2D eigenvalue weighted by atomic mass is 9.73. The summed E-state index contributed by atoms with van der Waals surface area (Å²) in [5, 5.41) is 0. The molecule has 0 bridgehead atoms. The van der Waals surface area contributed by atoms with E-state index in [2.05, 4.69) is 13.8 Å². The van der Waals surface area contributed by atoms with Crippen molar-refractivity contribution in [1.82, 2.24) is 4.90 Å². The minimum Gasteiger partial charge on any atom is -0.464 e. The van der Waals surface area contributed by atoms with Crippen LogP contribution in [0.15, 0.2) is 16.5 Å². The first-order chi connectivity index (χ1) is 9.98. The van der Waals surface area contributed by atoms with Crippen LogP contribution in [0, 0.1) is 12.3 Å². The van der Waals surface area contributed by atoms with Gasteiger partial charge in [0, 0.05) is 12.6 Å². The molecule has 0 radical (unpaired) electrons. The molecule has 1 saturated carbocycles. The van der Waals surface area contributed by atoms with E-state index in [1.807, 2.05) is 24.0 Å². The Hall–Kier alpha value is -1.29. The normalized spacial score (nSPS) is 18.0. The molecule has 0 spiro atoms. The predicted octanol–water partition coefficient (Wildman–Crippen LogP) is 3.23. The average Bonchev–Trinajstić information content (AvgIpc) is 2.90. The molecule has 1 aromatic heterocycles. The number of furan rings is 1. The number of carbonyl (C=O) groups is 1. The third-order valence-corrected chi connectivity index (χ3v) is 4.66. The van der Waals surface area contributed by atoms with E-state index in [-0.39, 0.29) is 17.4 Å². The van der Waals surface area contributed by atoms with Crippen LogP contribution in [-0.2, 0) is 11.3 Å². The fraction of sp³-hybridized carbons (Fsp3) is 0.706. The van der Waals surface area contributed by atoms with E-state index in [1.165, 1.54) is 6.42 Å². The third kappa shape index (κ3) is 3.49. The summed E-state index contributed by atoms with van der Waals surface area (Å²) < 4.78 is 5.64. The van der Waals surface area contributed by atoms with Gasteiger partial charge in [-0.15, -0.1) is 0 Å². The van der Waals surface area contributed by atoms with Gasteiger partial charge < -0.3 is 15.1 Å². The lowest BCUT2D eigenvalue weighted by Crippen LogP contribution is -2.51. The van der Waals surface area contributed by atoms with Gasteiger partial charge in [0.2, 0.25) is 5.91 Å². The molecule has 1 heterocycles. The fourth-order valence-electron chi connectivity index (χ4n) is 3.27. The van der Waals surface area contributed by atoms with Gasteiger partial charge in [-0.1, -0.05) is 19.3 Å². The van der Waals surface area contributed by atoms with Crippen LogP contribution >= 0.6 is 0 Å². The molecule has 21 heavy (non-hydrogen) atoms. The van der Waals surface area contributed by atoms with Gasteiger partial charge in [0.25, 0.3) is 0 Å². The van der Waals surface area contributed by atoms with Crippen LogP contribution in [0.2, 0.25) is 0 Å². The van der Waals surface area contributed by atoms with E-state index in [4.69, 9.17) is 10.2 Å². The van der Waals surface area contributed by atoms with Gasteiger partial charge >= 0.3 is 0 Å². The lowest BCUT2D eigenvalue weighted by molar-refractivity contribution is -0.146. The maximum absolute atomic E-state index is 13.1. The standard InChI is InChI=1S/C17H28N2O2/c1-13(2)19(11-15-8-7-14(3)21-15)16(20)17(12-18)9-5-4-6-10-17/h7-8,13H,4-6,9-12,18H2,1-3H3. The van der Waals surface area contributed by atoms with Gasteiger partial charge in [0.15, 0.2) is 0 Å². The first kappa shape index (κ1) is 16.1. The van der Waals surface area contributed by atoms with Crippen molar-refractivity contribution in [2.24, 2.45) is 11.1 Å². The zero-order valence-corrected chi connectivity index (χ0v) is 13.5. The zero-order valence-electron chi connectivity index (χ0n) is 13.5. The van der Waals surface area contributed by atoms with Crippen molar-refractivity contribution in [2.75, 3.05) is 6.54 Å². The Morgan fingerprint density at radius 2 is 2.00 bits per heavy atom. The highest BCUT2D eigenvalue weighted by atomic mass is 16.3. The monoisotopic (exact) mass is 292 g/mol. The quantitative estimate of drug-likeness (QED) is 0.906. The second-order valence-corrected chi connectivity index (χ2v) is 6.58. The molecule has 0 atom stereocenters. The third-order valence-electron chi connectivity index (χ3n) is 4.66. The van der Waals surface area contributed by atoms with Crippen molar-refractivity contribution >= 4 is 5.91 Å². The summed E-state index contributed by atoms with van der Waals surface area (Å²) in [6.07, 6.45) is 5.27. The summed E-state index contributed by atoms with van der Waals surface area (Å²) in [7, 11) is 0. The summed E-state index contributed by atoms with van der Waals surface area (Å²) >= 11 is 0. The van der Waals surface area contributed by atoms with E-state index in [0.717, 1.165) is 37.2 Å². The molecule has 2 N–H and O–H groups in total. The molecule has 2 rings (SSSR count). The molecule has 1 aromatic rings. The molecular formula is C17H28N2O2. The van der Waals surface area contributed by atoms with Crippen molar-refractivity contribution in [3.8, 4) is 0 Å². The summed E-state index contributed by atoms with van der Waals surface area (Å²) in [6.45, 7) is 7.02. The summed E-state index contributed by atoms with van der Waals surface area (Å²) in [5.41, 5.74) is 5.65. The fourth-order valence-corrected chi connectivity index (χ4v) is 3.27. The molecule has 0 saturated heterocycles. The van der Waals surface area contributed by atoms with Gasteiger partial charge in [0.1, 0.15) is 11.5 Å². The van der Waals surface area contributed by atoms with E-state index < -0.39 is 0 Å². The molecule has 0 aromatic carbocycles. The number of hydrogen-bond acceptors (Lipinski definition) is 3. The highest BCUT2D eigenvalue weighted by molar-refractivity contribution is 5.83. The first-order valence-corrected chi connectivity index (χ1v) is 8.05. The van der Waals surface area contributed by atoms with Gasteiger partial charge in [0.05, 0.1) is 12.0 Å². The number of nitrogens with zero attached hydrogens (tertiary/aromatic N) is 1. The SMILES string of the molecule is Cc1ccc(CN(C(=O)C2(CN)CCCCC2)C(C)C)o1. The molecule has 4 nitrogen and oxygen atoms in total. The highest BCUT2D eigenvalue weighted by Gasteiger charge is 2.41. The van der Waals surface area contributed by atoms with Crippen LogP contribution in [-0.4, -0.2) is 23.4 Å². The Morgan fingerprint density at radius 3 is 2.48 bits per heavy atom. The highest BCUT2D eigenvalue weighted by Crippen LogP contribution is 2.38. The predicted molar refractivity (Wildman–Crippen MR) is 83.7 cm³/mol. The van der Waals surface area contributed by atoms with Crippen molar-refractivity contribution in [2.45, 2.75) is 65.5 Å². The van der Waals surface area contributed by atoms with Crippen molar-refractivity contribution in [3.05, 3.63) is 23.7 Å². The summed E-state index contributed by atoms with van der Waals surface area (Å²) in [4.78, 5) is 15.0. The average molecular weight is 292 g/mol. The van der Waals surface area contributed by atoms with E-state index in [9.17, 15) is 4.79 Å². The zero-order chi connectivity index (χ0) is 15.5. The maximum Gasteiger partial charge on any atom is 0.230 e. The van der Waals surface area contributed by atoms with Crippen molar-refractivity contribution in [3.63, 3.8) is 0 Å². The largest absolute Gasteiger partial charge is 0.464 e. The number of nitrogens with two attached hydrogens (primary N) is 1. The smallest absolute Gasteiger partial charge is 0.230 e. The van der Waals surface area contributed by atoms with E-state index in [0.29, 0.717) is 13.1 Å². The van der Waals surface area contributed by atoms with Crippen LogP contribution in [0.1, 0.15) is 57.5 Å². The van der Waals surface area contributed by atoms with Crippen LogP contribution in [0.3, 0.4) is 0 Å². The van der Waals surface area contributed by atoms with Crippen LogP contribution in [0.4, 0.5) is 0 Å². The Balaban J connectivity index is 2.18. The van der Waals surface area contributed by atoms with Gasteiger partial charge in [-0.3, -0.25) is 4.79 Å². The molecule has 0 aliphatic heterocycles. The Bertz CT molecular complexity index is 473. The number of rotatable bonds is 5. The van der Waals surface area contributed by atoms with Gasteiger partial charge in [-0.25, -0.2) is 0 Å². The number of carbonyl (C=O) groups excluding carboxylic acids is 1. The lowest BCUT2D eigenvalue weighted by Gasteiger charge is -2.40. The molecule has 1 amide bonds. The summed E-state index contributed by atoms with van der Waals surface area (Å²) in [6, 6.07) is 4.04. The van der Waals surface area contributed by atoms with Crippen LogP contribution in [0.25, 0.3) is 0 Å². The van der Waals surface area contributed by atoms with Crippen molar-refractivity contribution in [1.29, 1.82) is 0 Å². The van der Waals surface area contributed by atoms with Crippen LogP contribution < -0.4 is 5.73 Å². The Labute approximate surface area is 127 Å². The molecule has 1 fully saturated rings. The van der Waals surface area contributed by atoms with E-state index >= 15 is 0 Å². The maximum atomic E-state index is 13.1. The van der Waals surface area contributed by atoms with Gasteiger partial charge in [-0.2, -0.15) is 0 Å². The first-order valence-electron chi connectivity index (χ1n) is 8.05. The minimum atomic E-state index is -0.357. The molecular weight excluding hydrogens is 264 g/mol. The number of amides is 1. The number of aryl methyl sites for hydroxylation is 1. The molecule has 118 valence electrons. The molecule has 4 heteroatoms. The Morgan fingerprint density at radius 1 is 1.33 bits per heavy atom. The summed E-state index contributed by atoms with van der Waals surface area (Å²) in [5.74, 6) is 1.93. The molecule has 1 aliphatic carbocycles. The molecule has 1 aliphatic rings. The Kier molecular flexibility index (Phi) is 5.09. The second kappa shape index (κ2) is 6.65. The van der Waals surface area contributed by atoms with E-state index in [1.54, 1.807) is 0 Å².